The van der Waals surface area contributed by atoms with E-state index >= 15 is 0 Å². The fraction of sp³-hybridized carbons (Fsp3) is 0.188. The van der Waals surface area contributed by atoms with Crippen molar-refractivity contribution in [2.75, 3.05) is 23.1 Å². The van der Waals surface area contributed by atoms with Crippen LogP contribution in [0.3, 0.4) is 0 Å². The quantitative estimate of drug-likeness (QED) is 0.142. The molecule has 1 unspecified atom stereocenters. The highest BCUT2D eigenvalue weighted by Gasteiger charge is 2.36. The lowest BCUT2D eigenvalue weighted by molar-refractivity contribution is -0.387. The molecule has 2 N–H and O–H groups in total. The van der Waals surface area contributed by atoms with E-state index in [0.29, 0.717) is 22.6 Å². The second-order valence-corrected chi connectivity index (χ2v) is 12.2. The van der Waals surface area contributed by atoms with Crippen LogP contribution in [0.4, 0.5) is 22.7 Å². The number of hydrogen-bond donors (Lipinski definition) is 2. The normalized spacial score (nSPS) is 17.0. The maximum absolute atomic E-state index is 13.4. The van der Waals surface area contributed by atoms with Crippen LogP contribution in [-0.2, 0) is 21.4 Å². The Labute approximate surface area is 249 Å². The lowest BCUT2D eigenvalue weighted by Crippen LogP contribution is -2.22. The van der Waals surface area contributed by atoms with Crippen LogP contribution < -0.4 is 10.0 Å². The van der Waals surface area contributed by atoms with Crippen molar-refractivity contribution < 1.29 is 18.1 Å². The summed E-state index contributed by atoms with van der Waals surface area (Å²) in [6, 6.07) is 27.2. The van der Waals surface area contributed by atoms with E-state index in [4.69, 9.17) is 4.99 Å². The molecule has 4 aromatic carbocycles. The summed E-state index contributed by atoms with van der Waals surface area (Å²) in [7, 11) is -4.30. The standard InChI is InChI=1S/C32H29N5O5S/c38-32-30(26-20-25(16-17-27(26)34-32)35-43(41,42)29-11-5-4-10-28(29)37(39)40)31(23-8-2-1-3-9-23)33-24-14-12-22(13-15-24)21-36-18-6-7-19-36/h1-5,8-17,20,30,35H,6-7,18-19,21H2,(H,34,38). The number of benzene rings is 4. The molecule has 0 radical (unpaired) electrons. The second-order valence-electron chi connectivity index (χ2n) is 10.6. The molecule has 1 fully saturated rings. The van der Waals surface area contributed by atoms with Crippen molar-refractivity contribution in [1.82, 2.24) is 4.90 Å². The maximum Gasteiger partial charge on any atom is 0.289 e. The van der Waals surface area contributed by atoms with Gasteiger partial charge in [0, 0.05) is 24.0 Å². The number of nitro benzene ring substituents is 1. The van der Waals surface area contributed by atoms with Gasteiger partial charge in [-0.2, -0.15) is 0 Å². The third-order valence-corrected chi connectivity index (χ3v) is 9.05. The minimum atomic E-state index is -4.30. The number of hydrogen-bond acceptors (Lipinski definition) is 7. The summed E-state index contributed by atoms with van der Waals surface area (Å²) in [6.07, 6.45) is 2.45. The van der Waals surface area contributed by atoms with Crippen molar-refractivity contribution in [3.8, 4) is 0 Å². The highest BCUT2D eigenvalue weighted by Crippen LogP contribution is 2.38. The number of carbonyl (C=O) groups excluding carboxylic acids is 1. The number of aliphatic imine (C=N–C) groups is 1. The Bertz CT molecular complexity index is 1820. The van der Waals surface area contributed by atoms with Crippen molar-refractivity contribution in [3.63, 3.8) is 0 Å². The zero-order chi connectivity index (χ0) is 30.0. The van der Waals surface area contributed by atoms with E-state index in [1.807, 2.05) is 42.5 Å². The minimum Gasteiger partial charge on any atom is -0.325 e. The van der Waals surface area contributed by atoms with Gasteiger partial charge in [-0.1, -0.05) is 54.6 Å². The topological polar surface area (TPSA) is 134 Å². The highest BCUT2D eigenvalue weighted by atomic mass is 32.2. The molecule has 6 rings (SSSR count). The van der Waals surface area contributed by atoms with E-state index < -0.39 is 31.4 Å². The zero-order valence-electron chi connectivity index (χ0n) is 23.1. The van der Waals surface area contributed by atoms with Gasteiger partial charge in [0.15, 0.2) is 4.90 Å². The van der Waals surface area contributed by atoms with Crippen molar-refractivity contribution in [2.45, 2.75) is 30.2 Å². The van der Waals surface area contributed by atoms with Gasteiger partial charge in [0.1, 0.15) is 5.92 Å². The maximum atomic E-state index is 13.4. The third kappa shape index (κ3) is 6.04. The number of rotatable bonds is 9. The largest absolute Gasteiger partial charge is 0.325 e. The van der Waals surface area contributed by atoms with Gasteiger partial charge in [-0.05, 0) is 79.0 Å². The van der Waals surface area contributed by atoms with Crippen molar-refractivity contribution in [1.29, 1.82) is 0 Å². The van der Waals surface area contributed by atoms with Gasteiger partial charge in [0.05, 0.1) is 16.3 Å². The van der Waals surface area contributed by atoms with Crippen molar-refractivity contribution in [3.05, 3.63) is 124 Å². The van der Waals surface area contributed by atoms with E-state index in [1.54, 1.807) is 12.1 Å². The SMILES string of the molecule is O=C1Nc2ccc(NS(=O)(=O)c3ccccc3[N+](=O)[O-])cc2C1C(=Nc1ccc(CN2CCCC2)cc1)c1ccccc1. The summed E-state index contributed by atoms with van der Waals surface area (Å²) in [5.41, 5.74) is 3.87. The number of nitrogens with zero attached hydrogens (tertiary/aromatic N) is 3. The molecule has 10 nitrogen and oxygen atoms in total. The number of nitrogens with one attached hydrogen (secondary N) is 2. The van der Waals surface area contributed by atoms with Gasteiger partial charge < -0.3 is 5.32 Å². The van der Waals surface area contributed by atoms with Crippen LogP contribution in [0.15, 0.2) is 107 Å². The lowest BCUT2D eigenvalue weighted by Gasteiger charge is -2.16. The van der Waals surface area contributed by atoms with Crippen LogP contribution in [0.5, 0.6) is 0 Å². The first kappa shape index (κ1) is 28.3. The highest BCUT2D eigenvalue weighted by molar-refractivity contribution is 7.92. The van der Waals surface area contributed by atoms with E-state index in [-0.39, 0.29) is 11.6 Å². The minimum absolute atomic E-state index is 0.164. The molecule has 0 spiro atoms. The van der Waals surface area contributed by atoms with Crippen LogP contribution >= 0.6 is 0 Å². The third-order valence-electron chi connectivity index (χ3n) is 7.62. The Kier molecular flexibility index (Phi) is 7.75. The predicted octanol–water partition coefficient (Wildman–Crippen LogP) is 5.85. The monoisotopic (exact) mass is 595 g/mol. The van der Waals surface area contributed by atoms with Gasteiger partial charge in [-0.25, -0.2) is 8.42 Å². The number of amides is 1. The number of nitro groups is 1. The Balaban J connectivity index is 1.35. The van der Waals surface area contributed by atoms with Gasteiger partial charge in [0.2, 0.25) is 5.91 Å². The van der Waals surface area contributed by atoms with E-state index in [9.17, 15) is 23.3 Å². The first-order valence-corrected chi connectivity index (χ1v) is 15.4. The average molecular weight is 596 g/mol. The van der Waals surface area contributed by atoms with Crippen LogP contribution in [0.25, 0.3) is 0 Å². The number of carbonyl (C=O) groups is 1. The molecule has 1 atom stereocenters. The smallest absolute Gasteiger partial charge is 0.289 e. The van der Waals surface area contributed by atoms with Crippen LogP contribution in [-0.4, -0.2) is 42.9 Å². The number of likely N-dealkylation sites (tertiary alicyclic amines) is 1. The fourth-order valence-electron chi connectivity index (χ4n) is 5.56. The van der Waals surface area contributed by atoms with E-state index in [2.05, 4.69) is 27.1 Å². The number of sulfonamides is 1. The summed E-state index contributed by atoms with van der Waals surface area (Å²) >= 11 is 0. The molecule has 1 saturated heterocycles. The number of para-hydroxylation sites is 1. The molecule has 0 bridgehead atoms. The van der Waals surface area contributed by atoms with Gasteiger partial charge >= 0.3 is 0 Å². The first-order chi connectivity index (χ1) is 20.8. The Morgan fingerprint density at radius 2 is 1.65 bits per heavy atom. The molecule has 11 heteroatoms. The Morgan fingerprint density at radius 3 is 2.37 bits per heavy atom. The molecule has 1 amide bonds. The summed E-state index contributed by atoms with van der Waals surface area (Å²) in [5, 5.41) is 14.3. The zero-order valence-corrected chi connectivity index (χ0v) is 24.0. The molecular weight excluding hydrogens is 566 g/mol. The molecule has 0 aliphatic carbocycles. The molecule has 2 aliphatic rings. The number of fused-ring (bicyclic) bond motifs is 1. The summed E-state index contributed by atoms with van der Waals surface area (Å²) in [5.74, 6) is -1.11. The molecule has 218 valence electrons. The van der Waals surface area contributed by atoms with Crippen LogP contribution in [0.1, 0.15) is 35.4 Å². The molecule has 0 saturated carbocycles. The van der Waals surface area contributed by atoms with E-state index in [1.165, 1.54) is 42.7 Å². The predicted molar refractivity (Wildman–Crippen MR) is 165 cm³/mol. The molecule has 43 heavy (non-hydrogen) atoms. The first-order valence-electron chi connectivity index (χ1n) is 13.9. The number of anilines is 2. The lowest BCUT2D eigenvalue weighted by atomic mass is 9.90. The van der Waals surface area contributed by atoms with Crippen LogP contribution in [0, 0.1) is 10.1 Å². The molecule has 4 aromatic rings. The van der Waals surface area contributed by atoms with Crippen molar-refractivity contribution >= 4 is 44.4 Å². The summed E-state index contributed by atoms with van der Waals surface area (Å²) < 4.78 is 28.8. The average Bonchev–Trinajstić information content (AvgIpc) is 3.64. The summed E-state index contributed by atoms with van der Waals surface area (Å²) in [4.78, 5) is 31.1. The molecule has 2 aliphatic heterocycles. The fourth-order valence-corrected chi connectivity index (χ4v) is 6.78. The molecule has 0 aromatic heterocycles. The van der Waals surface area contributed by atoms with Gasteiger partial charge in [0.25, 0.3) is 15.7 Å². The Hall–Kier alpha value is -4.87. The summed E-state index contributed by atoms with van der Waals surface area (Å²) in [6.45, 7) is 3.10. The molecular formula is C32H29N5O5S. The van der Waals surface area contributed by atoms with Crippen LogP contribution in [0.2, 0.25) is 0 Å². The molecule has 2 heterocycles. The van der Waals surface area contributed by atoms with Crippen molar-refractivity contribution in [2.24, 2.45) is 4.99 Å². The Morgan fingerprint density at radius 1 is 0.953 bits per heavy atom. The second kappa shape index (κ2) is 11.8. The van der Waals surface area contributed by atoms with Gasteiger partial charge in [-0.3, -0.25) is 29.5 Å². The van der Waals surface area contributed by atoms with Gasteiger partial charge in [-0.15, -0.1) is 0 Å². The van der Waals surface area contributed by atoms with E-state index in [0.717, 1.165) is 31.3 Å².